The number of benzene rings is 1. The molecule has 1 aromatic rings. The number of nitrogens with zero attached hydrogens (tertiary/aromatic N) is 2. The Labute approximate surface area is 132 Å². The van der Waals surface area contributed by atoms with Crippen molar-refractivity contribution >= 4 is 11.8 Å². The molecule has 0 radical (unpaired) electrons. The summed E-state index contributed by atoms with van der Waals surface area (Å²) in [5.74, 6) is -0.417. The number of hydrogen-bond donors (Lipinski definition) is 1. The summed E-state index contributed by atoms with van der Waals surface area (Å²) in [6.07, 6.45) is -4.38. The average molecular weight is 329 g/mol. The van der Waals surface area contributed by atoms with Crippen LogP contribution >= 0.6 is 0 Å². The van der Waals surface area contributed by atoms with Crippen LogP contribution in [0.4, 0.5) is 13.2 Å². The number of piperazine rings is 1. The van der Waals surface area contributed by atoms with Crippen LogP contribution in [0.2, 0.25) is 0 Å². The monoisotopic (exact) mass is 329 g/mol. The molecule has 2 amide bonds. The minimum absolute atomic E-state index is 0.0240. The van der Waals surface area contributed by atoms with Gasteiger partial charge in [0.1, 0.15) is 0 Å². The van der Waals surface area contributed by atoms with Crippen molar-refractivity contribution in [1.82, 2.24) is 15.1 Å². The molecule has 0 atom stereocenters. The van der Waals surface area contributed by atoms with Gasteiger partial charge in [-0.15, -0.1) is 0 Å². The molecule has 0 bridgehead atoms. The van der Waals surface area contributed by atoms with Crippen LogP contribution in [0.25, 0.3) is 0 Å². The maximum atomic E-state index is 12.7. The fraction of sp³-hybridized carbons (Fsp3) is 0.467. The minimum atomic E-state index is -4.38. The highest BCUT2D eigenvalue weighted by Gasteiger charge is 2.30. The third kappa shape index (κ3) is 4.95. The van der Waals surface area contributed by atoms with E-state index in [4.69, 9.17) is 0 Å². The van der Waals surface area contributed by atoms with E-state index >= 15 is 0 Å². The Hall–Kier alpha value is -2.09. The molecule has 0 aromatic heterocycles. The summed E-state index contributed by atoms with van der Waals surface area (Å²) in [6.45, 7) is 1.15. The van der Waals surface area contributed by atoms with Crippen LogP contribution in [0.1, 0.15) is 11.1 Å². The molecule has 1 heterocycles. The van der Waals surface area contributed by atoms with E-state index in [0.717, 1.165) is 12.1 Å². The summed E-state index contributed by atoms with van der Waals surface area (Å²) < 4.78 is 38.0. The fourth-order valence-corrected chi connectivity index (χ4v) is 2.40. The van der Waals surface area contributed by atoms with Crippen LogP contribution in [-0.4, -0.2) is 54.8 Å². The number of alkyl halides is 3. The van der Waals surface area contributed by atoms with Crippen molar-refractivity contribution in [2.75, 3.05) is 33.2 Å². The summed E-state index contributed by atoms with van der Waals surface area (Å²) in [5, 5.41) is 2.63. The highest BCUT2D eigenvalue weighted by atomic mass is 19.4. The molecule has 23 heavy (non-hydrogen) atoms. The molecule has 1 fully saturated rings. The third-order valence-corrected chi connectivity index (χ3v) is 3.50. The smallest absolute Gasteiger partial charge is 0.353 e. The van der Waals surface area contributed by atoms with E-state index in [-0.39, 0.29) is 31.4 Å². The number of likely N-dealkylation sites (N-methyl/N-ethyl adjacent to an activating group) is 1. The van der Waals surface area contributed by atoms with Crippen molar-refractivity contribution in [3.8, 4) is 0 Å². The van der Waals surface area contributed by atoms with Gasteiger partial charge in [-0.2, -0.15) is 13.2 Å². The second-order valence-electron chi connectivity index (χ2n) is 5.54. The normalized spacial score (nSPS) is 15.7. The number of rotatable bonds is 4. The van der Waals surface area contributed by atoms with Crippen LogP contribution < -0.4 is 5.32 Å². The molecule has 0 spiro atoms. The van der Waals surface area contributed by atoms with Crippen molar-refractivity contribution in [2.24, 2.45) is 0 Å². The number of amides is 2. The first-order chi connectivity index (χ1) is 10.8. The Balaban J connectivity index is 1.93. The fourth-order valence-electron chi connectivity index (χ4n) is 2.40. The van der Waals surface area contributed by atoms with Crippen molar-refractivity contribution < 1.29 is 22.8 Å². The summed E-state index contributed by atoms with van der Waals surface area (Å²) in [4.78, 5) is 26.4. The van der Waals surface area contributed by atoms with E-state index in [1.54, 1.807) is 18.0 Å². The van der Waals surface area contributed by atoms with Crippen molar-refractivity contribution in [3.05, 3.63) is 35.4 Å². The first-order valence-corrected chi connectivity index (χ1v) is 7.15. The van der Waals surface area contributed by atoms with Gasteiger partial charge in [0.05, 0.1) is 18.7 Å². The van der Waals surface area contributed by atoms with Gasteiger partial charge in [0.2, 0.25) is 11.8 Å². The molecule has 126 valence electrons. The van der Waals surface area contributed by atoms with Gasteiger partial charge in [0.25, 0.3) is 0 Å². The van der Waals surface area contributed by atoms with Crippen LogP contribution in [0.5, 0.6) is 0 Å². The van der Waals surface area contributed by atoms with E-state index in [0.29, 0.717) is 18.7 Å². The van der Waals surface area contributed by atoms with Crippen molar-refractivity contribution in [1.29, 1.82) is 0 Å². The van der Waals surface area contributed by atoms with Gasteiger partial charge in [-0.3, -0.25) is 14.5 Å². The zero-order valence-electron chi connectivity index (χ0n) is 12.7. The molecule has 0 saturated carbocycles. The van der Waals surface area contributed by atoms with Crippen molar-refractivity contribution in [3.63, 3.8) is 0 Å². The second kappa shape index (κ2) is 6.99. The lowest BCUT2D eigenvalue weighted by molar-refractivity contribution is -0.139. The largest absolute Gasteiger partial charge is 0.416 e. The molecule has 5 nitrogen and oxygen atoms in total. The van der Waals surface area contributed by atoms with E-state index in [2.05, 4.69) is 5.32 Å². The lowest BCUT2D eigenvalue weighted by Gasteiger charge is -2.28. The standard InChI is InChI=1S/C15H18F3N3O2/c1-20(10-14(23)21-6-5-19-13(22)9-21)8-11-3-2-4-12(7-11)15(16,17)18/h2-4,7H,5-6,8-10H2,1H3,(H,19,22). The van der Waals surface area contributed by atoms with Crippen LogP contribution in [0.15, 0.2) is 24.3 Å². The third-order valence-electron chi connectivity index (χ3n) is 3.50. The molecule has 2 rings (SSSR count). The van der Waals surface area contributed by atoms with E-state index in [1.807, 2.05) is 0 Å². The molecular formula is C15H18F3N3O2. The zero-order chi connectivity index (χ0) is 17.0. The number of hydrogen-bond acceptors (Lipinski definition) is 3. The summed E-state index contributed by atoms with van der Waals surface area (Å²) in [7, 11) is 1.65. The predicted molar refractivity (Wildman–Crippen MR) is 77.4 cm³/mol. The quantitative estimate of drug-likeness (QED) is 0.900. The van der Waals surface area contributed by atoms with E-state index in [1.165, 1.54) is 11.0 Å². The number of nitrogens with one attached hydrogen (secondary N) is 1. The molecule has 1 saturated heterocycles. The van der Waals surface area contributed by atoms with E-state index < -0.39 is 11.7 Å². The number of halogens is 3. The Kier molecular flexibility index (Phi) is 5.25. The van der Waals surface area contributed by atoms with Gasteiger partial charge in [-0.05, 0) is 18.7 Å². The van der Waals surface area contributed by atoms with Crippen LogP contribution in [-0.2, 0) is 22.3 Å². The molecule has 1 N–H and O–H groups in total. The average Bonchev–Trinajstić information content (AvgIpc) is 2.46. The number of carbonyl (C=O) groups is 2. The van der Waals surface area contributed by atoms with Gasteiger partial charge in [-0.25, -0.2) is 0 Å². The van der Waals surface area contributed by atoms with Gasteiger partial charge in [-0.1, -0.05) is 18.2 Å². The van der Waals surface area contributed by atoms with Crippen LogP contribution in [0.3, 0.4) is 0 Å². The molecule has 1 aromatic carbocycles. The summed E-state index contributed by atoms with van der Waals surface area (Å²) in [6, 6.07) is 5.03. The van der Waals surface area contributed by atoms with Gasteiger partial charge < -0.3 is 10.2 Å². The summed E-state index contributed by atoms with van der Waals surface area (Å²) >= 11 is 0. The lowest BCUT2D eigenvalue weighted by Crippen LogP contribution is -2.52. The molecule has 0 aliphatic carbocycles. The minimum Gasteiger partial charge on any atom is -0.353 e. The maximum absolute atomic E-state index is 12.7. The first kappa shape index (κ1) is 17.3. The topological polar surface area (TPSA) is 52.7 Å². The van der Waals surface area contributed by atoms with Gasteiger partial charge in [0.15, 0.2) is 0 Å². The second-order valence-corrected chi connectivity index (χ2v) is 5.54. The molecule has 1 aliphatic heterocycles. The summed E-state index contributed by atoms with van der Waals surface area (Å²) in [5.41, 5.74) is -0.228. The first-order valence-electron chi connectivity index (χ1n) is 7.15. The molecule has 0 unspecified atom stereocenters. The van der Waals surface area contributed by atoms with Gasteiger partial charge >= 0.3 is 6.18 Å². The van der Waals surface area contributed by atoms with Crippen LogP contribution in [0, 0.1) is 0 Å². The Bertz CT molecular complexity index is 590. The zero-order valence-corrected chi connectivity index (χ0v) is 12.7. The molecule has 8 heteroatoms. The molecular weight excluding hydrogens is 311 g/mol. The Morgan fingerprint density at radius 1 is 1.39 bits per heavy atom. The maximum Gasteiger partial charge on any atom is 0.416 e. The highest BCUT2D eigenvalue weighted by molar-refractivity contribution is 5.86. The predicted octanol–water partition coefficient (Wildman–Crippen LogP) is 1.10. The highest BCUT2D eigenvalue weighted by Crippen LogP contribution is 2.29. The Morgan fingerprint density at radius 2 is 2.13 bits per heavy atom. The molecule has 1 aliphatic rings. The van der Waals surface area contributed by atoms with E-state index in [9.17, 15) is 22.8 Å². The SMILES string of the molecule is CN(CC(=O)N1CCNC(=O)C1)Cc1cccc(C(F)(F)F)c1. The van der Waals surface area contributed by atoms with Crippen molar-refractivity contribution in [2.45, 2.75) is 12.7 Å². The Morgan fingerprint density at radius 3 is 2.78 bits per heavy atom. The number of carbonyl (C=O) groups excluding carboxylic acids is 2. The lowest BCUT2D eigenvalue weighted by atomic mass is 10.1. The van der Waals surface area contributed by atoms with Gasteiger partial charge in [0, 0.05) is 19.6 Å².